The highest BCUT2D eigenvalue weighted by Crippen LogP contribution is 2.22. The summed E-state index contributed by atoms with van der Waals surface area (Å²) in [6.07, 6.45) is 1.86. The van der Waals surface area contributed by atoms with Crippen molar-refractivity contribution in [1.82, 2.24) is 14.9 Å². The molecule has 0 fully saturated rings. The van der Waals surface area contributed by atoms with E-state index < -0.39 is 0 Å². The minimum atomic E-state index is -0.224. The van der Waals surface area contributed by atoms with E-state index in [2.05, 4.69) is 35.0 Å². The maximum Gasteiger partial charge on any atom is 0.251 e. The summed E-state index contributed by atoms with van der Waals surface area (Å²) in [5, 5.41) is 3.09. The second-order valence-electron chi connectivity index (χ2n) is 7.87. The van der Waals surface area contributed by atoms with Gasteiger partial charge in [-0.05, 0) is 61.7 Å². The van der Waals surface area contributed by atoms with Gasteiger partial charge in [-0.15, -0.1) is 0 Å². The maximum absolute atomic E-state index is 12.6. The van der Waals surface area contributed by atoms with Crippen LogP contribution in [-0.4, -0.2) is 22.1 Å². The predicted octanol–water partition coefficient (Wildman–Crippen LogP) is 5.56. The summed E-state index contributed by atoms with van der Waals surface area (Å²) < 4.78 is 8.12. The molecule has 164 valence electrons. The van der Waals surface area contributed by atoms with Crippen molar-refractivity contribution < 1.29 is 9.53 Å². The zero-order chi connectivity index (χ0) is 22.3. The van der Waals surface area contributed by atoms with Crippen molar-refractivity contribution >= 4 is 16.9 Å². The Kier molecular flexibility index (Phi) is 6.85. The fraction of sp³-hybridized carbons (Fsp3) is 0.259. The first-order valence-corrected chi connectivity index (χ1v) is 11.2. The summed E-state index contributed by atoms with van der Waals surface area (Å²) in [5.41, 5.74) is 3.94. The van der Waals surface area contributed by atoms with Gasteiger partial charge >= 0.3 is 0 Å². The zero-order valence-electron chi connectivity index (χ0n) is 18.6. The third kappa shape index (κ3) is 4.99. The van der Waals surface area contributed by atoms with Crippen LogP contribution >= 0.6 is 0 Å². The fourth-order valence-corrected chi connectivity index (χ4v) is 3.83. The Balaban J connectivity index is 1.45. The number of aryl methyl sites for hydroxylation is 2. The van der Waals surface area contributed by atoms with Crippen LogP contribution in [0.25, 0.3) is 11.0 Å². The number of rotatable bonds is 9. The summed E-state index contributed by atoms with van der Waals surface area (Å²) in [6, 6.07) is 25.4. The molecule has 0 bridgehead atoms. The number of aromatic nitrogens is 2. The molecule has 32 heavy (non-hydrogen) atoms. The molecule has 4 aromatic rings. The van der Waals surface area contributed by atoms with E-state index in [4.69, 9.17) is 9.72 Å². The van der Waals surface area contributed by atoms with Crippen molar-refractivity contribution in [3.8, 4) is 5.75 Å². The molecule has 0 spiro atoms. The predicted molar refractivity (Wildman–Crippen MR) is 128 cm³/mol. The number of ether oxygens (including phenoxy) is 1. The molecular formula is C27H29N3O2. The quantitative estimate of drug-likeness (QED) is 0.356. The number of hydrogen-bond donors (Lipinski definition) is 1. The van der Waals surface area contributed by atoms with Crippen molar-refractivity contribution in [2.75, 3.05) is 6.61 Å². The van der Waals surface area contributed by atoms with Crippen molar-refractivity contribution in [2.45, 2.75) is 39.3 Å². The highest BCUT2D eigenvalue weighted by molar-refractivity contribution is 5.94. The first-order chi connectivity index (χ1) is 15.7. The normalized spacial score (nSPS) is 11.9. The molecule has 4 rings (SSSR count). The Labute approximate surface area is 189 Å². The fourth-order valence-electron chi connectivity index (χ4n) is 3.83. The van der Waals surface area contributed by atoms with Gasteiger partial charge in [0.15, 0.2) is 0 Å². The molecular weight excluding hydrogens is 398 g/mol. The van der Waals surface area contributed by atoms with E-state index in [-0.39, 0.29) is 11.9 Å². The van der Waals surface area contributed by atoms with Gasteiger partial charge in [0, 0.05) is 12.1 Å². The van der Waals surface area contributed by atoms with Crippen LogP contribution in [0.4, 0.5) is 0 Å². The molecule has 0 aliphatic carbocycles. The smallest absolute Gasteiger partial charge is 0.251 e. The van der Waals surface area contributed by atoms with E-state index >= 15 is 0 Å². The number of nitrogens with zero attached hydrogens (tertiary/aromatic N) is 2. The van der Waals surface area contributed by atoms with E-state index in [9.17, 15) is 4.79 Å². The lowest BCUT2D eigenvalue weighted by Gasteiger charge is -2.17. The van der Waals surface area contributed by atoms with E-state index in [1.165, 1.54) is 5.56 Å². The molecule has 1 N–H and O–H groups in total. The van der Waals surface area contributed by atoms with Gasteiger partial charge in [0.2, 0.25) is 0 Å². The van der Waals surface area contributed by atoms with Gasteiger partial charge in [-0.2, -0.15) is 0 Å². The third-order valence-electron chi connectivity index (χ3n) is 5.58. The van der Waals surface area contributed by atoms with E-state index in [1.54, 1.807) is 0 Å². The lowest BCUT2D eigenvalue weighted by atomic mass is 10.2. The summed E-state index contributed by atoms with van der Waals surface area (Å²) in [5.74, 6) is 1.64. The van der Waals surface area contributed by atoms with Crippen LogP contribution in [0.2, 0.25) is 0 Å². The van der Waals surface area contributed by atoms with Crippen LogP contribution in [0.3, 0.4) is 0 Å². The molecule has 0 radical (unpaired) electrons. The zero-order valence-corrected chi connectivity index (χ0v) is 18.6. The van der Waals surface area contributed by atoms with Gasteiger partial charge in [-0.1, -0.05) is 49.4 Å². The van der Waals surface area contributed by atoms with Crippen LogP contribution < -0.4 is 10.1 Å². The molecule has 5 heteroatoms. The van der Waals surface area contributed by atoms with Gasteiger partial charge in [0.05, 0.1) is 23.7 Å². The third-order valence-corrected chi connectivity index (χ3v) is 5.58. The molecule has 1 amide bonds. The summed E-state index contributed by atoms with van der Waals surface area (Å²) >= 11 is 0. The lowest BCUT2D eigenvalue weighted by Crippen LogP contribution is -2.28. The average Bonchev–Trinajstić information content (AvgIpc) is 3.21. The number of amides is 1. The van der Waals surface area contributed by atoms with Crippen LogP contribution in [-0.2, 0) is 13.0 Å². The number of hydrogen-bond acceptors (Lipinski definition) is 3. The van der Waals surface area contributed by atoms with Crippen molar-refractivity contribution in [3.05, 3.63) is 95.8 Å². The summed E-state index contributed by atoms with van der Waals surface area (Å²) in [7, 11) is 0. The lowest BCUT2D eigenvalue weighted by molar-refractivity contribution is 0.0937. The van der Waals surface area contributed by atoms with E-state index in [0.29, 0.717) is 12.2 Å². The molecule has 0 aliphatic heterocycles. The largest absolute Gasteiger partial charge is 0.494 e. The average molecular weight is 428 g/mol. The van der Waals surface area contributed by atoms with Crippen LogP contribution in [0, 0.1) is 0 Å². The topological polar surface area (TPSA) is 56.1 Å². The van der Waals surface area contributed by atoms with Gasteiger partial charge in [0.1, 0.15) is 11.6 Å². The highest BCUT2D eigenvalue weighted by atomic mass is 16.5. The van der Waals surface area contributed by atoms with Gasteiger partial charge < -0.3 is 14.6 Å². The number of fused-ring (bicyclic) bond motifs is 1. The number of imidazole rings is 1. The molecule has 0 saturated heterocycles. The molecule has 3 aromatic carbocycles. The van der Waals surface area contributed by atoms with Crippen molar-refractivity contribution in [3.63, 3.8) is 0 Å². The van der Waals surface area contributed by atoms with Crippen LogP contribution in [0.5, 0.6) is 5.75 Å². The monoisotopic (exact) mass is 427 g/mol. The Bertz CT molecular complexity index is 1170. The minimum Gasteiger partial charge on any atom is -0.494 e. The molecule has 0 saturated carbocycles. The van der Waals surface area contributed by atoms with Crippen LogP contribution in [0.1, 0.15) is 48.1 Å². The number of carbonyl (C=O) groups excluding carboxylic acids is 1. The molecule has 1 aromatic heterocycles. The molecule has 1 atom stereocenters. The minimum absolute atomic E-state index is 0.101. The Morgan fingerprint density at radius 3 is 2.47 bits per heavy atom. The highest BCUT2D eigenvalue weighted by Gasteiger charge is 2.19. The summed E-state index contributed by atoms with van der Waals surface area (Å²) in [6.45, 7) is 5.49. The van der Waals surface area contributed by atoms with Gasteiger partial charge in [-0.25, -0.2) is 4.98 Å². The standard InChI is InChI=1S/C27H29N3O2/c1-3-21-14-16-23(17-15-21)32-19-9-18-30-25-13-8-7-12-24(25)29-26(30)20(2)28-27(31)22-10-5-4-6-11-22/h4-8,10-17,20H,3,9,18-19H2,1-2H3,(H,28,31). The van der Waals surface area contributed by atoms with E-state index in [0.717, 1.165) is 42.0 Å². The first-order valence-electron chi connectivity index (χ1n) is 11.2. The van der Waals surface area contributed by atoms with Crippen molar-refractivity contribution in [2.24, 2.45) is 0 Å². The van der Waals surface area contributed by atoms with Crippen LogP contribution in [0.15, 0.2) is 78.9 Å². The SMILES string of the molecule is CCc1ccc(OCCCn2c(C(C)NC(=O)c3ccccc3)nc3ccccc32)cc1. The first kappa shape index (κ1) is 21.6. The van der Waals surface area contributed by atoms with Crippen molar-refractivity contribution in [1.29, 1.82) is 0 Å². The molecule has 1 heterocycles. The molecule has 0 aliphatic rings. The number of para-hydroxylation sites is 2. The maximum atomic E-state index is 12.6. The summed E-state index contributed by atoms with van der Waals surface area (Å²) in [4.78, 5) is 17.5. The number of benzene rings is 3. The molecule has 5 nitrogen and oxygen atoms in total. The Morgan fingerprint density at radius 2 is 1.72 bits per heavy atom. The van der Waals surface area contributed by atoms with E-state index in [1.807, 2.05) is 67.6 Å². The van der Waals surface area contributed by atoms with Gasteiger partial charge in [0.25, 0.3) is 5.91 Å². The Hall–Kier alpha value is -3.60. The molecule has 1 unspecified atom stereocenters. The number of carbonyl (C=O) groups is 1. The van der Waals surface area contributed by atoms with Gasteiger partial charge in [-0.3, -0.25) is 4.79 Å². The second-order valence-corrected chi connectivity index (χ2v) is 7.87. The number of nitrogens with one attached hydrogen (secondary N) is 1. The Morgan fingerprint density at radius 1 is 1.00 bits per heavy atom. The second kappa shape index (κ2) is 10.1.